The minimum Gasteiger partial charge on any atom is -0.468 e. The largest absolute Gasteiger partial charge is 0.468 e. The number of hydrogen-bond donors (Lipinski definition) is 1. The van der Waals surface area contributed by atoms with Crippen molar-refractivity contribution in [3.05, 3.63) is 24.2 Å². The first-order valence-corrected chi connectivity index (χ1v) is 7.62. The summed E-state index contributed by atoms with van der Waals surface area (Å²) in [4.78, 5) is 0. The molecule has 0 aromatic carbocycles. The van der Waals surface area contributed by atoms with Gasteiger partial charge in [-0.15, -0.1) is 0 Å². The second-order valence-corrected chi connectivity index (χ2v) is 6.66. The third kappa shape index (κ3) is 1.58. The highest BCUT2D eigenvalue weighted by atomic mass is 16.3. The average molecular weight is 245 g/mol. The summed E-state index contributed by atoms with van der Waals surface area (Å²) >= 11 is 0. The molecule has 1 heterocycles. The van der Waals surface area contributed by atoms with E-state index in [0.29, 0.717) is 6.04 Å². The highest BCUT2D eigenvalue weighted by Gasteiger charge is 2.53. The molecular formula is C16H23NO. The maximum atomic E-state index is 5.51. The van der Waals surface area contributed by atoms with Crippen LogP contribution in [-0.4, -0.2) is 6.04 Å². The Morgan fingerprint density at radius 3 is 2.94 bits per heavy atom. The van der Waals surface area contributed by atoms with Crippen molar-refractivity contribution < 1.29 is 4.42 Å². The second-order valence-electron chi connectivity index (χ2n) is 6.66. The lowest BCUT2D eigenvalue weighted by Crippen LogP contribution is -2.40. The van der Waals surface area contributed by atoms with Crippen LogP contribution in [0, 0.1) is 23.7 Å². The Balaban J connectivity index is 1.45. The molecule has 1 aromatic heterocycles. The number of hydrogen-bond acceptors (Lipinski definition) is 2. The molecule has 5 unspecified atom stereocenters. The zero-order valence-electron chi connectivity index (χ0n) is 11.1. The molecule has 3 fully saturated rings. The number of rotatable bonds is 3. The lowest BCUT2D eigenvalue weighted by Gasteiger charge is -2.33. The van der Waals surface area contributed by atoms with E-state index < -0.39 is 0 Å². The molecule has 0 saturated heterocycles. The van der Waals surface area contributed by atoms with Gasteiger partial charge in [-0.25, -0.2) is 0 Å². The molecule has 0 amide bonds. The van der Waals surface area contributed by atoms with Gasteiger partial charge in [0.05, 0.1) is 12.3 Å². The van der Waals surface area contributed by atoms with Crippen LogP contribution in [-0.2, 0) is 0 Å². The normalized spacial score (nSPS) is 43.3. The molecule has 18 heavy (non-hydrogen) atoms. The fourth-order valence-corrected chi connectivity index (χ4v) is 5.20. The summed E-state index contributed by atoms with van der Waals surface area (Å²) in [6.07, 6.45) is 9.20. The van der Waals surface area contributed by atoms with Gasteiger partial charge in [0.2, 0.25) is 0 Å². The molecule has 6 atom stereocenters. The van der Waals surface area contributed by atoms with Crippen LogP contribution in [0.1, 0.15) is 50.8 Å². The van der Waals surface area contributed by atoms with E-state index in [1.165, 1.54) is 32.1 Å². The quantitative estimate of drug-likeness (QED) is 0.877. The molecule has 2 nitrogen and oxygen atoms in total. The maximum absolute atomic E-state index is 5.51. The molecule has 3 aliphatic carbocycles. The molecule has 0 spiro atoms. The summed E-state index contributed by atoms with van der Waals surface area (Å²) in [5.41, 5.74) is 0. The first-order chi connectivity index (χ1) is 8.83. The Labute approximate surface area is 109 Å². The van der Waals surface area contributed by atoms with E-state index in [0.717, 1.165) is 35.5 Å². The van der Waals surface area contributed by atoms with Crippen molar-refractivity contribution in [1.29, 1.82) is 0 Å². The van der Waals surface area contributed by atoms with Crippen LogP contribution in [0.2, 0.25) is 0 Å². The summed E-state index contributed by atoms with van der Waals surface area (Å²) in [5, 5.41) is 3.83. The topological polar surface area (TPSA) is 25.2 Å². The van der Waals surface area contributed by atoms with Crippen LogP contribution in [0.15, 0.2) is 22.8 Å². The van der Waals surface area contributed by atoms with Gasteiger partial charge < -0.3 is 9.73 Å². The summed E-state index contributed by atoms with van der Waals surface area (Å²) in [5.74, 6) is 5.21. The van der Waals surface area contributed by atoms with Crippen molar-refractivity contribution in [2.24, 2.45) is 23.7 Å². The van der Waals surface area contributed by atoms with Gasteiger partial charge in [-0.3, -0.25) is 0 Å². The van der Waals surface area contributed by atoms with E-state index in [1.807, 2.05) is 6.07 Å². The number of fused-ring (bicyclic) bond motifs is 5. The van der Waals surface area contributed by atoms with Crippen LogP contribution in [0.4, 0.5) is 0 Å². The van der Waals surface area contributed by atoms with Gasteiger partial charge in [-0.05, 0) is 68.4 Å². The molecule has 0 radical (unpaired) electrons. The van der Waals surface area contributed by atoms with Gasteiger partial charge in [-0.2, -0.15) is 0 Å². The Bertz CT molecular complexity index is 413. The van der Waals surface area contributed by atoms with Gasteiger partial charge >= 0.3 is 0 Å². The Kier molecular flexibility index (Phi) is 2.54. The third-order valence-corrected chi connectivity index (χ3v) is 5.86. The molecule has 1 aromatic rings. The van der Waals surface area contributed by atoms with E-state index in [9.17, 15) is 0 Å². The Morgan fingerprint density at radius 1 is 1.22 bits per heavy atom. The van der Waals surface area contributed by atoms with E-state index in [1.54, 1.807) is 6.26 Å². The van der Waals surface area contributed by atoms with Crippen molar-refractivity contribution >= 4 is 0 Å². The summed E-state index contributed by atoms with van der Waals surface area (Å²) < 4.78 is 5.51. The van der Waals surface area contributed by atoms with Crippen molar-refractivity contribution in [3.63, 3.8) is 0 Å². The zero-order chi connectivity index (χ0) is 12.1. The van der Waals surface area contributed by atoms with E-state index in [4.69, 9.17) is 4.42 Å². The predicted molar refractivity (Wildman–Crippen MR) is 71.1 cm³/mol. The van der Waals surface area contributed by atoms with Crippen LogP contribution < -0.4 is 5.32 Å². The van der Waals surface area contributed by atoms with E-state index in [2.05, 4.69) is 18.3 Å². The lowest BCUT2D eigenvalue weighted by atomic mass is 9.79. The first-order valence-electron chi connectivity index (χ1n) is 7.62. The molecule has 0 aliphatic heterocycles. The van der Waals surface area contributed by atoms with Gasteiger partial charge in [0.25, 0.3) is 0 Å². The molecular weight excluding hydrogens is 222 g/mol. The maximum Gasteiger partial charge on any atom is 0.120 e. The Morgan fingerprint density at radius 2 is 2.11 bits per heavy atom. The molecule has 1 N–H and O–H groups in total. The zero-order valence-corrected chi connectivity index (χ0v) is 11.1. The van der Waals surface area contributed by atoms with Gasteiger partial charge in [0.1, 0.15) is 5.76 Å². The van der Waals surface area contributed by atoms with E-state index >= 15 is 0 Å². The van der Waals surface area contributed by atoms with E-state index in [-0.39, 0.29) is 0 Å². The summed E-state index contributed by atoms with van der Waals surface area (Å²) in [7, 11) is 0. The smallest absolute Gasteiger partial charge is 0.120 e. The second kappa shape index (κ2) is 4.12. The fourth-order valence-electron chi connectivity index (χ4n) is 5.20. The van der Waals surface area contributed by atoms with Crippen molar-refractivity contribution in [2.75, 3.05) is 0 Å². The summed E-state index contributed by atoms with van der Waals surface area (Å²) in [6.45, 7) is 2.23. The minimum absolute atomic E-state index is 0.365. The van der Waals surface area contributed by atoms with Crippen molar-refractivity contribution in [2.45, 2.75) is 51.1 Å². The number of furan rings is 1. The molecule has 2 bridgehead atoms. The minimum atomic E-state index is 0.365. The van der Waals surface area contributed by atoms with Crippen molar-refractivity contribution in [1.82, 2.24) is 5.32 Å². The lowest BCUT2D eigenvalue weighted by molar-refractivity contribution is 0.196. The monoisotopic (exact) mass is 245 g/mol. The third-order valence-electron chi connectivity index (χ3n) is 5.86. The highest BCUT2D eigenvalue weighted by Crippen LogP contribution is 2.58. The first kappa shape index (κ1) is 11.1. The molecule has 2 heteroatoms. The number of nitrogens with one attached hydrogen (secondary N) is 1. The highest BCUT2D eigenvalue weighted by molar-refractivity contribution is 5.08. The average Bonchev–Trinajstić information content (AvgIpc) is 3.11. The van der Waals surface area contributed by atoms with Crippen LogP contribution in [0.25, 0.3) is 0 Å². The van der Waals surface area contributed by atoms with Gasteiger partial charge in [-0.1, -0.05) is 6.42 Å². The fraction of sp³-hybridized carbons (Fsp3) is 0.750. The van der Waals surface area contributed by atoms with Crippen LogP contribution in [0.3, 0.4) is 0 Å². The SMILES string of the molecule is C[C@H](NC1CC2CC1C1CCCC21)c1ccco1. The standard InChI is InChI=1S/C16H23NO/c1-10(16-6-3-7-18-16)17-15-9-11-8-14(15)13-5-2-4-12(11)13/h3,6-7,10-15,17H,2,4-5,8-9H2,1H3/t10-,11?,12?,13?,14?,15?/m0/s1. The predicted octanol–water partition coefficient (Wildman–Crippen LogP) is 3.75. The van der Waals surface area contributed by atoms with Gasteiger partial charge in [0, 0.05) is 6.04 Å². The molecule has 3 aliphatic rings. The Hall–Kier alpha value is -0.760. The van der Waals surface area contributed by atoms with Crippen LogP contribution in [0.5, 0.6) is 0 Å². The van der Waals surface area contributed by atoms with Gasteiger partial charge in [0.15, 0.2) is 0 Å². The van der Waals surface area contributed by atoms with Crippen molar-refractivity contribution in [3.8, 4) is 0 Å². The summed E-state index contributed by atoms with van der Waals surface area (Å²) in [6, 6.07) is 5.18. The molecule has 3 saturated carbocycles. The molecule has 98 valence electrons. The van der Waals surface area contributed by atoms with Crippen LogP contribution >= 0.6 is 0 Å². The molecule has 4 rings (SSSR count).